The second-order valence-corrected chi connectivity index (χ2v) is 6.44. The van der Waals surface area contributed by atoms with Crippen molar-refractivity contribution in [2.45, 2.75) is 6.42 Å². The Labute approximate surface area is 145 Å². The number of anilines is 2. The Kier molecular flexibility index (Phi) is 5.08. The van der Waals surface area contributed by atoms with Crippen LogP contribution in [0.1, 0.15) is 11.1 Å². The van der Waals surface area contributed by atoms with Crippen LogP contribution in [0.15, 0.2) is 40.9 Å². The number of rotatable bonds is 4. The molecule has 23 heavy (non-hydrogen) atoms. The summed E-state index contributed by atoms with van der Waals surface area (Å²) in [6, 6.07) is 12.2. The van der Waals surface area contributed by atoms with Crippen molar-refractivity contribution in [3.05, 3.63) is 52.0 Å². The third kappa shape index (κ3) is 3.62. The number of hydrogen-bond donors (Lipinski definition) is 1. The smallest absolute Gasteiger partial charge is 0.122 e. The number of hydrogen-bond acceptors (Lipinski definition) is 4. The van der Waals surface area contributed by atoms with E-state index in [1.54, 1.807) is 7.11 Å². The molecule has 0 radical (unpaired) electrons. The van der Waals surface area contributed by atoms with Gasteiger partial charge in [-0.1, -0.05) is 18.2 Å². The van der Waals surface area contributed by atoms with E-state index >= 15 is 0 Å². The van der Waals surface area contributed by atoms with E-state index in [0.29, 0.717) is 0 Å². The number of methoxy groups -OCH3 is 1. The lowest BCUT2D eigenvalue weighted by atomic mass is 10.0. The number of morpholine rings is 1. The maximum Gasteiger partial charge on any atom is 0.122 e. The summed E-state index contributed by atoms with van der Waals surface area (Å²) in [6.45, 7) is 3.32. The minimum atomic E-state index is 0.750. The minimum Gasteiger partial charge on any atom is -0.496 e. The lowest BCUT2D eigenvalue weighted by molar-refractivity contribution is 0.122. The number of nitrogens with two attached hydrogens (primary N) is 1. The van der Waals surface area contributed by atoms with Crippen LogP contribution in [0.3, 0.4) is 0 Å². The molecule has 0 aliphatic carbocycles. The highest BCUT2D eigenvalue weighted by molar-refractivity contribution is 9.10. The zero-order chi connectivity index (χ0) is 16.2. The first-order valence-corrected chi connectivity index (χ1v) is 8.51. The van der Waals surface area contributed by atoms with Crippen LogP contribution < -0.4 is 15.4 Å². The number of para-hydroxylation sites is 1. The molecule has 0 saturated carbocycles. The maximum atomic E-state index is 6.25. The first-order chi connectivity index (χ1) is 11.2. The van der Waals surface area contributed by atoms with E-state index in [9.17, 15) is 0 Å². The number of ether oxygens (including phenoxy) is 2. The fraction of sp³-hybridized carbons (Fsp3) is 0.333. The van der Waals surface area contributed by atoms with Crippen LogP contribution in [-0.2, 0) is 11.2 Å². The van der Waals surface area contributed by atoms with Crippen LogP contribution >= 0.6 is 15.9 Å². The van der Waals surface area contributed by atoms with Crippen molar-refractivity contribution in [3.63, 3.8) is 0 Å². The highest BCUT2D eigenvalue weighted by Gasteiger charge is 2.16. The Morgan fingerprint density at radius 1 is 1.17 bits per heavy atom. The number of benzene rings is 2. The molecule has 2 aromatic carbocycles. The summed E-state index contributed by atoms with van der Waals surface area (Å²) in [6.07, 6.45) is 0.750. The van der Waals surface area contributed by atoms with E-state index in [1.165, 1.54) is 5.69 Å². The maximum absolute atomic E-state index is 6.25. The third-order valence-corrected chi connectivity index (χ3v) is 4.77. The third-order valence-electron chi connectivity index (χ3n) is 4.13. The van der Waals surface area contributed by atoms with Crippen molar-refractivity contribution >= 4 is 27.3 Å². The molecule has 1 saturated heterocycles. The van der Waals surface area contributed by atoms with E-state index in [4.69, 9.17) is 15.2 Å². The van der Waals surface area contributed by atoms with Crippen LogP contribution in [-0.4, -0.2) is 33.4 Å². The van der Waals surface area contributed by atoms with Gasteiger partial charge < -0.3 is 20.1 Å². The molecular formula is C18H21BrN2O2. The summed E-state index contributed by atoms with van der Waals surface area (Å²) < 4.78 is 11.9. The van der Waals surface area contributed by atoms with Crippen LogP contribution in [0.4, 0.5) is 11.4 Å². The first-order valence-electron chi connectivity index (χ1n) is 7.71. The minimum absolute atomic E-state index is 0.750. The number of nitrogens with zero attached hydrogens (tertiary/aromatic N) is 1. The monoisotopic (exact) mass is 376 g/mol. The Balaban J connectivity index is 1.92. The molecule has 1 fully saturated rings. The van der Waals surface area contributed by atoms with Crippen LogP contribution in [0.5, 0.6) is 5.75 Å². The Morgan fingerprint density at radius 3 is 2.65 bits per heavy atom. The molecule has 5 heteroatoms. The molecule has 0 amide bonds. The van der Waals surface area contributed by atoms with Crippen molar-refractivity contribution in [1.82, 2.24) is 0 Å². The molecule has 3 rings (SSSR count). The molecule has 0 atom stereocenters. The topological polar surface area (TPSA) is 47.7 Å². The van der Waals surface area contributed by atoms with E-state index in [1.807, 2.05) is 24.3 Å². The van der Waals surface area contributed by atoms with Gasteiger partial charge in [-0.3, -0.25) is 0 Å². The highest BCUT2D eigenvalue weighted by Crippen LogP contribution is 2.33. The summed E-state index contributed by atoms with van der Waals surface area (Å²) in [5, 5.41) is 0. The molecule has 1 aliphatic rings. The molecule has 0 spiro atoms. The molecule has 0 bridgehead atoms. The average Bonchev–Trinajstić information content (AvgIpc) is 2.58. The molecule has 2 aromatic rings. The Hall–Kier alpha value is -1.72. The van der Waals surface area contributed by atoms with Crippen LogP contribution in [0.2, 0.25) is 0 Å². The molecule has 2 N–H and O–H groups in total. The van der Waals surface area contributed by atoms with Gasteiger partial charge in [0.15, 0.2) is 0 Å². The number of halogens is 1. The SMILES string of the molecule is COc1ccccc1Cc1cc(N2CCOCC2)c(Br)cc1N. The summed E-state index contributed by atoms with van der Waals surface area (Å²) >= 11 is 3.64. The molecule has 122 valence electrons. The second-order valence-electron chi connectivity index (χ2n) is 5.59. The zero-order valence-corrected chi connectivity index (χ0v) is 14.8. The van der Waals surface area contributed by atoms with Gasteiger partial charge >= 0.3 is 0 Å². The van der Waals surface area contributed by atoms with Gasteiger partial charge in [0.2, 0.25) is 0 Å². The van der Waals surface area contributed by atoms with Gasteiger partial charge in [-0.15, -0.1) is 0 Å². The van der Waals surface area contributed by atoms with Gasteiger partial charge in [0.25, 0.3) is 0 Å². The Morgan fingerprint density at radius 2 is 1.91 bits per heavy atom. The summed E-state index contributed by atoms with van der Waals surface area (Å²) in [5.41, 5.74) is 10.5. The van der Waals surface area contributed by atoms with E-state index in [-0.39, 0.29) is 0 Å². The van der Waals surface area contributed by atoms with Crippen molar-refractivity contribution in [2.24, 2.45) is 0 Å². The molecular weight excluding hydrogens is 356 g/mol. The van der Waals surface area contributed by atoms with Gasteiger partial charge in [-0.2, -0.15) is 0 Å². The van der Waals surface area contributed by atoms with Crippen LogP contribution in [0, 0.1) is 0 Å². The predicted molar refractivity (Wildman–Crippen MR) is 97.4 cm³/mol. The number of nitrogen functional groups attached to an aromatic ring is 1. The fourth-order valence-electron chi connectivity index (χ4n) is 2.87. The standard InChI is InChI=1S/C18H21BrN2O2/c1-22-18-5-3-2-4-13(18)10-14-11-17(15(19)12-16(14)20)21-6-8-23-9-7-21/h2-5,11-12H,6-10,20H2,1H3. The average molecular weight is 377 g/mol. The van der Waals surface area contributed by atoms with Gasteiger partial charge in [0.05, 0.1) is 26.0 Å². The normalized spacial score (nSPS) is 14.8. The van der Waals surface area contributed by atoms with Gasteiger partial charge in [0, 0.05) is 29.7 Å². The van der Waals surface area contributed by atoms with Crippen molar-refractivity contribution in [1.29, 1.82) is 0 Å². The first kappa shape index (κ1) is 16.1. The molecule has 1 aliphatic heterocycles. The van der Waals surface area contributed by atoms with Gasteiger partial charge in [0.1, 0.15) is 5.75 Å². The molecule has 1 heterocycles. The van der Waals surface area contributed by atoms with E-state index in [0.717, 1.165) is 59.8 Å². The highest BCUT2D eigenvalue weighted by atomic mass is 79.9. The molecule has 0 unspecified atom stereocenters. The summed E-state index contributed by atoms with van der Waals surface area (Å²) in [7, 11) is 1.70. The lowest BCUT2D eigenvalue weighted by Gasteiger charge is -2.30. The van der Waals surface area contributed by atoms with Gasteiger partial charge in [-0.25, -0.2) is 0 Å². The van der Waals surface area contributed by atoms with Crippen molar-refractivity contribution in [3.8, 4) is 5.75 Å². The quantitative estimate of drug-likeness (QED) is 0.829. The summed E-state index contributed by atoms with van der Waals surface area (Å²) in [5.74, 6) is 0.891. The van der Waals surface area contributed by atoms with Gasteiger partial charge in [-0.05, 0) is 45.3 Å². The summed E-state index contributed by atoms with van der Waals surface area (Å²) in [4.78, 5) is 2.33. The largest absolute Gasteiger partial charge is 0.496 e. The molecule has 0 aromatic heterocycles. The predicted octanol–water partition coefficient (Wildman–Crippen LogP) is 3.47. The Bertz CT molecular complexity index is 685. The van der Waals surface area contributed by atoms with E-state index < -0.39 is 0 Å². The lowest BCUT2D eigenvalue weighted by Crippen LogP contribution is -2.36. The zero-order valence-electron chi connectivity index (χ0n) is 13.2. The second kappa shape index (κ2) is 7.23. The van der Waals surface area contributed by atoms with Crippen molar-refractivity contribution in [2.75, 3.05) is 44.0 Å². The van der Waals surface area contributed by atoms with E-state index in [2.05, 4.69) is 33.0 Å². The van der Waals surface area contributed by atoms with Crippen molar-refractivity contribution < 1.29 is 9.47 Å². The van der Waals surface area contributed by atoms with Crippen LogP contribution in [0.25, 0.3) is 0 Å². The molecule has 4 nitrogen and oxygen atoms in total. The fourth-order valence-corrected chi connectivity index (χ4v) is 3.49.